The standard InChI is InChI=1S/C17H21N3O2/c1-12-16(13(2)22-19-12)17(21)18-14-6-8-15(9-7-14)20-10-4-3-5-11-20/h6-9H,3-5,10-11H2,1-2H3,(H,18,21). The molecule has 22 heavy (non-hydrogen) atoms. The Labute approximate surface area is 130 Å². The van der Waals surface area contributed by atoms with Gasteiger partial charge in [-0.05, 0) is 57.4 Å². The van der Waals surface area contributed by atoms with E-state index in [9.17, 15) is 4.79 Å². The van der Waals surface area contributed by atoms with E-state index in [0.29, 0.717) is 17.0 Å². The van der Waals surface area contributed by atoms with Gasteiger partial charge in [0.25, 0.3) is 5.91 Å². The zero-order valence-electron chi connectivity index (χ0n) is 13.1. The summed E-state index contributed by atoms with van der Waals surface area (Å²) < 4.78 is 5.04. The molecule has 0 saturated carbocycles. The van der Waals surface area contributed by atoms with Gasteiger partial charge in [0.2, 0.25) is 0 Å². The molecule has 1 amide bonds. The van der Waals surface area contributed by atoms with Gasteiger partial charge in [-0.1, -0.05) is 5.16 Å². The van der Waals surface area contributed by atoms with Crippen molar-refractivity contribution in [1.29, 1.82) is 0 Å². The first kappa shape index (κ1) is 14.6. The number of piperidine rings is 1. The van der Waals surface area contributed by atoms with E-state index >= 15 is 0 Å². The Kier molecular flexibility index (Phi) is 4.13. The monoisotopic (exact) mass is 299 g/mol. The summed E-state index contributed by atoms with van der Waals surface area (Å²) in [5, 5.41) is 6.71. The van der Waals surface area contributed by atoms with E-state index in [1.54, 1.807) is 13.8 Å². The first-order valence-electron chi connectivity index (χ1n) is 7.74. The molecule has 0 bridgehead atoms. The van der Waals surface area contributed by atoms with Gasteiger partial charge in [0.05, 0.1) is 5.69 Å². The number of aryl methyl sites for hydroxylation is 2. The summed E-state index contributed by atoms with van der Waals surface area (Å²) in [4.78, 5) is 14.7. The fraction of sp³-hybridized carbons (Fsp3) is 0.412. The molecule has 1 aliphatic rings. The number of benzene rings is 1. The van der Waals surface area contributed by atoms with Gasteiger partial charge < -0.3 is 14.7 Å². The number of carbonyl (C=O) groups is 1. The van der Waals surface area contributed by atoms with Crippen molar-refractivity contribution in [2.75, 3.05) is 23.3 Å². The summed E-state index contributed by atoms with van der Waals surface area (Å²) in [6.45, 7) is 5.74. The van der Waals surface area contributed by atoms with Crippen LogP contribution in [0.25, 0.3) is 0 Å². The van der Waals surface area contributed by atoms with E-state index in [-0.39, 0.29) is 5.91 Å². The van der Waals surface area contributed by atoms with Gasteiger partial charge in [-0.15, -0.1) is 0 Å². The minimum absolute atomic E-state index is 0.179. The quantitative estimate of drug-likeness (QED) is 0.942. The molecule has 1 fully saturated rings. The van der Waals surface area contributed by atoms with Crippen molar-refractivity contribution in [2.45, 2.75) is 33.1 Å². The summed E-state index contributed by atoms with van der Waals surface area (Å²) in [5.41, 5.74) is 3.13. The summed E-state index contributed by atoms with van der Waals surface area (Å²) >= 11 is 0. The van der Waals surface area contributed by atoms with Crippen molar-refractivity contribution in [3.63, 3.8) is 0 Å². The topological polar surface area (TPSA) is 58.4 Å². The molecular formula is C17H21N3O2. The van der Waals surface area contributed by atoms with Crippen molar-refractivity contribution in [2.24, 2.45) is 0 Å². The van der Waals surface area contributed by atoms with Gasteiger partial charge in [0.15, 0.2) is 0 Å². The predicted molar refractivity (Wildman–Crippen MR) is 86.4 cm³/mol. The lowest BCUT2D eigenvalue weighted by molar-refractivity contribution is 0.102. The highest BCUT2D eigenvalue weighted by atomic mass is 16.5. The maximum absolute atomic E-state index is 12.3. The van der Waals surface area contributed by atoms with Crippen LogP contribution in [0.1, 0.15) is 41.1 Å². The molecule has 116 valence electrons. The Hall–Kier alpha value is -2.30. The van der Waals surface area contributed by atoms with Crippen LogP contribution in [0, 0.1) is 13.8 Å². The van der Waals surface area contributed by atoms with Crippen LogP contribution in [-0.4, -0.2) is 24.2 Å². The molecule has 0 atom stereocenters. The average Bonchev–Trinajstić information content (AvgIpc) is 2.88. The van der Waals surface area contributed by atoms with Gasteiger partial charge >= 0.3 is 0 Å². The Morgan fingerprint density at radius 1 is 1.14 bits per heavy atom. The fourth-order valence-electron chi connectivity index (χ4n) is 2.91. The third-order valence-electron chi connectivity index (χ3n) is 4.11. The Morgan fingerprint density at radius 3 is 2.41 bits per heavy atom. The van der Waals surface area contributed by atoms with Crippen LogP contribution in [0.5, 0.6) is 0 Å². The molecule has 0 unspecified atom stereocenters. The zero-order chi connectivity index (χ0) is 15.5. The maximum Gasteiger partial charge on any atom is 0.261 e. The Balaban J connectivity index is 1.69. The molecule has 0 aliphatic carbocycles. The van der Waals surface area contributed by atoms with Crippen LogP contribution in [0.15, 0.2) is 28.8 Å². The lowest BCUT2D eigenvalue weighted by atomic mass is 10.1. The minimum atomic E-state index is -0.179. The normalized spacial score (nSPS) is 14.9. The third-order valence-corrected chi connectivity index (χ3v) is 4.11. The van der Waals surface area contributed by atoms with Crippen LogP contribution >= 0.6 is 0 Å². The summed E-state index contributed by atoms with van der Waals surface area (Å²) in [6, 6.07) is 8.02. The number of nitrogens with one attached hydrogen (secondary N) is 1. The largest absolute Gasteiger partial charge is 0.372 e. The lowest BCUT2D eigenvalue weighted by Gasteiger charge is -2.28. The lowest BCUT2D eigenvalue weighted by Crippen LogP contribution is -2.29. The average molecular weight is 299 g/mol. The molecule has 1 aliphatic heterocycles. The predicted octanol–water partition coefficient (Wildman–Crippen LogP) is 3.53. The van der Waals surface area contributed by atoms with Crippen LogP contribution in [0.3, 0.4) is 0 Å². The molecule has 0 spiro atoms. The molecule has 1 saturated heterocycles. The first-order valence-corrected chi connectivity index (χ1v) is 7.74. The van der Waals surface area contributed by atoms with E-state index < -0.39 is 0 Å². The van der Waals surface area contributed by atoms with Crippen molar-refractivity contribution < 1.29 is 9.32 Å². The van der Waals surface area contributed by atoms with E-state index in [1.807, 2.05) is 12.1 Å². The van der Waals surface area contributed by atoms with Gasteiger partial charge in [-0.3, -0.25) is 4.79 Å². The molecule has 2 heterocycles. The number of hydrogen-bond donors (Lipinski definition) is 1. The molecule has 1 aromatic heterocycles. The second-order valence-corrected chi connectivity index (χ2v) is 5.75. The van der Waals surface area contributed by atoms with Gasteiger partial charge in [-0.25, -0.2) is 0 Å². The van der Waals surface area contributed by atoms with Gasteiger partial charge in [-0.2, -0.15) is 0 Å². The van der Waals surface area contributed by atoms with Crippen LogP contribution < -0.4 is 10.2 Å². The molecule has 5 nitrogen and oxygen atoms in total. The number of anilines is 2. The van der Waals surface area contributed by atoms with E-state index in [0.717, 1.165) is 18.8 Å². The van der Waals surface area contributed by atoms with Crippen LogP contribution in [0.2, 0.25) is 0 Å². The second-order valence-electron chi connectivity index (χ2n) is 5.75. The van der Waals surface area contributed by atoms with Crippen LogP contribution in [-0.2, 0) is 0 Å². The first-order chi connectivity index (χ1) is 10.6. The highest BCUT2D eigenvalue weighted by Crippen LogP contribution is 2.22. The van der Waals surface area contributed by atoms with Crippen molar-refractivity contribution in [3.05, 3.63) is 41.3 Å². The molecular weight excluding hydrogens is 278 g/mol. The number of nitrogens with zero attached hydrogens (tertiary/aromatic N) is 2. The fourth-order valence-corrected chi connectivity index (χ4v) is 2.91. The van der Waals surface area contributed by atoms with Crippen LogP contribution in [0.4, 0.5) is 11.4 Å². The maximum atomic E-state index is 12.3. The van der Waals surface area contributed by atoms with Gasteiger partial charge in [0, 0.05) is 24.5 Å². The zero-order valence-corrected chi connectivity index (χ0v) is 13.1. The smallest absolute Gasteiger partial charge is 0.261 e. The van der Waals surface area contributed by atoms with E-state index in [1.165, 1.54) is 24.9 Å². The summed E-state index contributed by atoms with van der Waals surface area (Å²) in [7, 11) is 0. The molecule has 1 aromatic carbocycles. The minimum Gasteiger partial charge on any atom is -0.372 e. The summed E-state index contributed by atoms with van der Waals surface area (Å²) in [6.07, 6.45) is 3.83. The molecule has 0 radical (unpaired) electrons. The summed E-state index contributed by atoms with van der Waals surface area (Å²) in [5.74, 6) is 0.363. The van der Waals surface area contributed by atoms with Gasteiger partial charge in [0.1, 0.15) is 11.3 Å². The van der Waals surface area contributed by atoms with E-state index in [2.05, 4.69) is 27.5 Å². The number of amides is 1. The highest BCUT2D eigenvalue weighted by molar-refractivity contribution is 6.05. The van der Waals surface area contributed by atoms with E-state index in [4.69, 9.17) is 4.52 Å². The number of carbonyl (C=O) groups excluding carboxylic acids is 1. The SMILES string of the molecule is Cc1noc(C)c1C(=O)Nc1ccc(N2CCCCC2)cc1. The molecule has 2 aromatic rings. The molecule has 5 heteroatoms. The highest BCUT2D eigenvalue weighted by Gasteiger charge is 2.17. The molecule has 1 N–H and O–H groups in total. The van der Waals surface area contributed by atoms with Crippen molar-refractivity contribution in [1.82, 2.24) is 5.16 Å². The van der Waals surface area contributed by atoms with Crippen molar-refractivity contribution in [3.8, 4) is 0 Å². The van der Waals surface area contributed by atoms with Crippen molar-refractivity contribution >= 4 is 17.3 Å². The third kappa shape index (κ3) is 2.98. The number of aromatic nitrogens is 1. The number of rotatable bonds is 3. The molecule has 3 rings (SSSR count). The second kappa shape index (κ2) is 6.22. The Morgan fingerprint density at radius 2 is 1.82 bits per heavy atom. The number of hydrogen-bond acceptors (Lipinski definition) is 4. The Bertz CT molecular complexity index is 636.